The van der Waals surface area contributed by atoms with Crippen LogP contribution in [0.15, 0.2) is 54.3 Å². The number of amides is 1. The number of rotatable bonds is 7. The molecule has 1 N–H and O–H groups in total. The number of ether oxygens (including phenoxy) is 1. The number of phenols is 1. The van der Waals surface area contributed by atoms with Crippen molar-refractivity contribution in [1.29, 1.82) is 0 Å². The quantitative estimate of drug-likeness (QED) is 0.383. The van der Waals surface area contributed by atoms with Gasteiger partial charge in [0, 0.05) is 54.3 Å². The molecule has 222 valence electrons. The second-order valence-corrected chi connectivity index (χ2v) is 13.1. The van der Waals surface area contributed by atoms with Crippen LogP contribution >= 0.6 is 0 Å². The Morgan fingerprint density at radius 2 is 1.44 bits per heavy atom. The molecule has 0 spiro atoms. The minimum Gasteiger partial charge on any atom is -0.507 e. The molecule has 1 aliphatic heterocycles. The zero-order valence-corrected chi connectivity index (χ0v) is 26.7. The summed E-state index contributed by atoms with van der Waals surface area (Å²) in [6.45, 7) is 24.5. The molecule has 1 heterocycles. The Labute approximate surface area is 247 Å². The van der Waals surface area contributed by atoms with Crippen LogP contribution in [0.2, 0.25) is 0 Å². The van der Waals surface area contributed by atoms with Crippen LogP contribution in [0.3, 0.4) is 0 Å². The second-order valence-electron chi connectivity index (χ2n) is 13.1. The first-order valence-corrected chi connectivity index (χ1v) is 15.2. The fourth-order valence-corrected chi connectivity index (χ4v) is 5.94. The molecule has 2 unspecified atom stereocenters. The summed E-state index contributed by atoms with van der Waals surface area (Å²) in [5.74, 6) is 0.878. The molecule has 2 atom stereocenters. The van der Waals surface area contributed by atoms with Crippen LogP contribution < -0.4 is 14.5 Å². The zero-order valence-electron chi connectivity index (χ0n) is 26.7. The van der Waals surface area contributed by atoms with Crippen molar-refractivity contribution in [2.24, 2.45) is 0 Å². The van der Waals surface area contributed by atoms with Gasteiger partial charge in [-0.15, -0.1) is 0 Å². The Bertz CT molecular complexity index is 1300. The first-order valence-electron chi connectivity index (χ1n) is 15.2. The van der Waals surface area contributed by atoms with Crippen molar-refractivity contribution in [3.8, 4) is 11.5 Å². The molecule has 6 heteroatoms. The molecule has 2 aromatic carbocycles. The van der Waals surface area contributed by atoms with Crippen molar-refractivity contribution in [3.63, 3.8) is 0 Å². The van der Waals surface area contributed by atoms with Crippen LogP contribution in [-0.4, -0.2) is 54.2 Å². The van der Waals surface area contributed by atoms with Crippen molar-refractivity contribution < 1.29 is 14.6 Å². The monoisotopic (exact) mass is 559 g/mol. The van der Waals surface area contributed by atoms with Gasteiger partial charge in [0.15, 0.2) is 0 Å². The third-order valence-electron chi connectivity index (χ3n) is 8.35. The van der Waals surface area contributed by atoms with Gasteiger partial charge in [-0.05, 0) is 81.0 Å². The predicted molar refractivity (Wildman–Crippen MR) is 171 cm³/mol. The maximum absolute atomic E-state index is 14.7. The minimum absolute atomic E-state index is 0.0958. The van der Waals surface area contributed by atoms with E-state index >= 15 is 0 Å². The van der Waals surface area contributed by atoms with Crippen molar-refractivity contribution >= 4 is 17.3 Å². The van der Waals surface area contributed by atoms with E-state index < -0.39 is 0 Å². The number of anilines is 2. The van der Waals surface area contributed by atoms with Gasteiger partial charge in [0.1, 0.15) is 17.6 Å². The molecule has 0 fully saturated rings. The first kappa shape index (κ1) is 30.5. The highest BCUT2D eigenvalue weighted by Gasteiger charge is 2.40. The van der Waals surface area contributed by atoms with Gasteiger partial charge in [-0.1, -0.05) is 47.6 Å². The van der Waals surface area contributed by atoms with E-state index in [1.807, 2.05) is 23.1 Å². The van der Waals surface area contributed by atoms with Crippen LogP contribution in [-0.2, 0) is 10.8 Å². The summed E-state index contributed by atoms with van der Waals surface area (Å²) in [4.78, 5) is 21.2. The Kier molecular flexibility index (Phi) is 8.54. The smallest absolute Gasteiger partial charge is 0.259 e. The molecule has 0 saturated heterocycles. The van der Waals surface area contributed by atoms with Gasteiger partial charge in [0.25, 0.3) is 5.91 Å². The lowest BCUT2D eigenvalue weighted by Crippen LogP contribution is -2.52. The predicted octanol–water partition coefficient (Wildman–Crippen LogP) is 7.41. The topological polar surface area (TPSA) is 56.2 Å². The number of carbonyl (C=O) groups is 1. The summed E-state index contributed by atoms with van der Waals surface area (Å²) in [6.07, 6.45) is 6.07. The average molecular weight is 560 g/mol. The Balaban J connectivity index is 1.91. The Morgan fingerprint density at radius 1 is 0.878 bits per heavy atom. The third kappa shape index (κ3) is 5.84. The lowest BCUT2D eigenvalue weighted by atomic mass is 9.78. The Morgan fingerprint density at radius 3 is 1.95 bits per heavy atom. The number of likely N-dealkylation sites (N-methyl/N-ethyl adjacent to an activating group) is 1. The first-order chi connectivity index (χ1) is 19.2. The number of phenolic OH excluding ortho intramolecular Hbond substituents is 1. The zero-order chi connectivity index (χ0) is 30.3. The van der Waals surface area contributed by atoms with E-state index in [2.05, 4.69) is 109 Å². The van der Waals surface area contributed by atoms with Gasteiger partial charge in [-0.2, -0.15) is 0 Å². The molecule has 1 aliphatic carbocycles. The van der Waals surface area contributed by atoms with E-state index in [-0.39, 0.29) is 34.6 Å². The highest BCUT2D eigenvalue weighted by atomic mass is 16.5. The van der Waals surface area contributed by atoms with Crippen molar-refractivity contribution in [2.75, 3.05) is 36.0 Å². The number of nitrogens with zero attached hydrogens (tertiary/aromatic N) is 3. The highest BCUT2D eigenvalue weighted by Crippen LogP contribution is 2.44. The number of carbonyl (C=O) groups excluding carboxylic acids is 1. The van der Waals surface area contributed by atoms with E-state index in [4.69, 9.17) is 4.74 Å². The number of fused-ring (bicyclic) bond motifs is 2. The van der Waals surface area contributed by atoms with Crippen LogP contribution in [0.4, 0.5) is 11.4 Å². The van der Waals surface area contributed by atoms with Crippen LogP contribution in [0.25, 0.3) is 0 Å². The molecule has 0 saturated carbocycles. The van der Waals surface area contributed by atoms with Crippen LogP contribution in [0, 0.1) is 0 Å². The SMILES string of the molecule is CCN(CC)C1=CC2Oc3ccc(N(CC)CC)cc3N(C(=O)c3cc(C(C)(C)C)c(O)c(C(C)(C)C)c3)C2C=C1. The molecule has 1 amide bonds. The number of allylic oxidation sites excluding steroid dienone is 1. The standard InChI is InChI=1S/C35H49N3O3/c1-11-36(12-2)24-16-18-30-29(21-24)38(28-17-15-25(22-31(28)41-30)37(13-3)14-4)33(40)23-19-26(34(5,6)7)32(39)27(20-23)35(8,9)10/h15-22,28,31,39H,11-14H2,1-10H3. The van der Waals surface area contributed by atoms with E-state index in [9.17, 15) is 9.90 Å². The molecule has 6 nitrogen and oxygen atoms in total. The minimum atomic E-state index is -0.339. The van der Waals surface area contributed by atoms with Gasteiger partial charge in [0.05, 0.1) is 11.7 Å². The molecule has 2 aliphatic rings. The average Bonchev–Trinajstić information content (AvgIpc) is 2.91. The summed E-state index contributed by atoms with van der Waals surface area (Å²) in [5, 5.41) is 11.3. The molecule has 2 aromatic rings. The van der Waals surface area contributed by atoms with Gasteiger partial charge in [-0.25, -0.2) is 0 Å². The summed E-state index contributed by atoms with van der Waals surface area (Å²) in [7, 11) is 0. The summed E-state index contributed by atoms with van der Waals surface area (Å²) >= 11 is 0. The molecule has 4 rings (SSSR count). The highest BCUT2D eigenvalue weighted by molar-refractivity contribution is 6.09. The van der Waals surface area contributed by atoms with E-state index in [0.717, 1.165) is 54.4 Å². The summed E-state index contributed by atoms with van der Waals surface area (Å²) < 4.78 is 6.59. The van der Waals surface area contributed by atoms with Gasteiger partial charge in [-0.3, -0.25) is 9.69 Å². The normalized spacial score (nSPS) is 18.3. The van der Waals surface area contributed by atoms with E-state index in [1.165, 1.54) is 0 Å². The molecule has 0 radical (unpaired) electrons. The van der Waals surface area contributed by atoms with Crippen molar-refractivity contribution in [2.45, 2.75) is 92.2 Å². The van der Waals surface area contributed by atoms with E-state index in [0.29, 0.717) is 11.3 Å². The number of benzene rings is 2. The largest absolute Gasteiger partial charge is 0.507 e. The van der Waals surface area contributed by atoms with Crippen LogP contribution in [0.1, 0.15) is 90.7 Å². The Hall–Kier alpha value is -3.41. The van der Waals surface area contributed by atoms with Gasteiger partial charge in [0.2, 0.25) is 0 Å². The van der Waals surface area contributed by atoms with Gasteiger partial charge >= 0.3 is 0 Å². The maximum Gasteiger partial charge on any atom is 0.259 e. The molecule has 0 bridgehead atoms. The lowest BCUT2D eigenvalue weighted by molar-refractivity contribution is 0.0948. The number of hydrogen-bond donors (Lipinski definition) is 1. The van der Waals surface area contributed by atoms with E-state index in [1.54, 1.807) is 0 Å². The number of hydrogen-bond acceptors (Lipinski definition) is 5. The van der Waals surface area contributed by atoms with Gasteiger partial charge < -0.3 is 19.6 Å². The molecule has 0 aromatic heterocycles. The van der Waals surface area contributed by atoms with Crippen molar-refractivity contribution in [3.05, 3.63) is 70.9 Å². The molecule has 41 heavy (non-hydrogen) atoms. The van der Waals surface area contributed by atoms with Crippen LogP contribution in [0.5, 0.6) is 11.5 Å². The summed E-state index contributed by atoms with van der Waals surface area (Å²) in [6, 6.07) is 9.64. The summed E-state index contributed by atoms with van der Waals surface area (Å²) in [5.41, 5.74) is 4.39. The number of aromatic hydroxyl groups is 1. The fraction of sp³-hybridized carbons (Fsp3) is 0.514. The lowest BCUT2D eigenvalue weighted by Gasteiger charge is -2.43. The second kappa shape index (κ2) is 11.5. The third-order valence-corrected chi connectivity index (χ3v) is 8.35. The maximum atomic E-state index is 14.7. The van der Waals surface area contributed by atoms with Crippen molar-refractivity contribution in [1.82, 2.24) is 4.90 Å². The molecular formula is C35H49N3O3. The fourth-order valence-electron chi connectivity index (χ4n) is 5.94. The molecular weight excluding hydrogens is 510 g/mol.